The third-order valence-corrected chi connectivity index (χ3v) is 5.75. The van der Waals surface area contributed by atoms with Crippen LogP contribution in [0, 0.1) is 0 Å². The average molecular weight is 438 g/mol. The maximum Gasteiger partial charge on any atom is 0.326 e. The highest BCUT2D eigenvalue weighted by atomic mass is 16.2. The van der Waals surface area contributed by atoms with E-state index in [0.29, 0.717) is 28.8 Å². The molecule has 5 aromatic rings. The van der Waals surface area contributed by atoms with Crippen molar-refractivity contribution in [2.45, 2.75) is 19.8 Å². The van der Waals surface area contributed by atoms with Gasteiger partial charge in [0.15, 0.2) is 5.78 Å². The van der Waals surface area contributed by atoms with Crippen LogP contribution in [0.25, 0.3) is 33.1 Å². The number of carbonyl (C=O) groups is 2. The van der Waals surface area contributed by atoms with Crippen LogP contribution in [0.15, 0.2) is 73.4 Å². The summed E-state index contributed by atoms with van der Waals surface area (Å²) in [6.45, 7) is 2.67. The number of unbranched alkanes of at least 4 members (excludes halogenated alkanes) is 1. The molecule has 33 heavy (non-hydrogen) atoms. The second-order valence-corrected chi connectivity index (χ2v) is 7.91. The van der Waals surface area contributed by atoms with Gasteiger partial charge in [0.2, 0.25) is 0 Å². The lowest BCUT2D eigenvalue weighted by molar-refractivity contribution is 0.104. The van der Waals surface area contributed by atoms with Crippen LogP contribution in [0.1, 0.15) is 35.7 Å². The molecule has 4 heterocycles. The van der Waals surface area contributed by atoms with Gasteiger partial charge in [0.25, 0.3) is 0 Å². The topological polar surface area (TPSA) is 92.7 Å². The Morgan fingerprint density at radius 2 is 1.91 bits per heavy atom. The van der Waals surface area contributed by atoms with Crippen LogP contribution in [0.3, 0.4) is 0 Å². The Hall–Kier alpha value is -4.26. The third kappa shape index (κ3) is 3.78. The van der Waals surface area contributed by atoms with E-state index in [1.807, 2.05) is 42.5 Å². The number of pyridine rings is 2. The Labute approximate surface area is 190 Å². The molecule has 0 aliphatic carbocycles. The number of aromatic amines is 1. The fourth-order valence-corrected chi connectivity index (χ4v) is 4.01. The SMILES string of the molecule is CCCCNC(=O)n1cc(C(=O)c2c[nH]c3ncc(-c4cccnc4)cc23)c2ccccc21. The predicted molar refractivity (Wildman–Crippen MR) is 128 cm³/mol. The van der Waals surface area contributed by atoms with E-state index in [1.165, 1.54) is 4.57 Å². The number of fused-ring (bicyclic) bond motifs is 2. The molecular weight excluding hydrogens is 414 g/mol. The van der Waals surface area contributed by atoms with Crippen molar-refractivity contribution in [2.24, 2.45) is 0 Å². The van der Waals surface area contributed by atoms with Crippen molar-refractivity contribution in [1.82, 2.24) is 24.8 Å². The van der Waals surface area contributed by atoms with Crippen LogP contribution in [0.2, 0.25) is 0 Å². The van der Waals surface area contributed by atoms with Gasteiger partial charge in [0, 0.05) is 70.6 Å². The lowest BCUT2D eigenvalue weighted by Gasteiger charge is -2.06. The number of aromatic nitrogens is 4. The number of nitrogens with one attached hydrogen (secondary N) is 2. The van der Waals surface area contributed by atoms with Gasteiger partial charge >= 0.3 is 6.03 Å². The molecule has 0 aliphatic heterocycles. The summed E-state index contributed by atoms with van der Waals surface area (Å²) in [6, 6.07) is 13.0. The third-order valence-electron chi connectivity index (χ3n) is 5.75. The molecule has 0 atom stereocenters. The van der Waals surface area contributed by atoms with Crippen molar-refractivity contribution in [3.63, 3.8) is 0 Å². The molecule has 7 nitrogen and oxygen atoms in total. The van der Waals surface area contributed by atoms with E-state index in [9.17, 15) is 9.59 Å². The summed E-state index contributed by atoms with van der Waals surface area (Å²) in [4.78, 5) is 38.2. The highest BCUT2D eigenvalue weighted by Crippen LogP contribution is 2.29. The van der Waals surface area contributed by atoms with Gasteiger partial charge in [0.05, 0.1) is 5.52 Å². The Bertz CT molecular complexity index is 1470. The van der Waals surface area contributed by atoms with E-state index < -0.39 is 0 Å². The monoisotopic (exact) mass is 437 g/mol. The number of benzene rings is 1. The van der Waals surface area contributed by atoms with Crippen LogP contribution in [-0.2, 0) is 0 Å². The van der Waals surface area contributed by atoms with Gasteiger partial charge in [-0.15, -0.1) is 0 Å². The number of carbonyl (C=O) groups excluding carboxylic acids is 2. The van der Waals surface area contributed by atoms with Crippen molar-refractivity contribution >= 4 is 33.8 Å². The van der Waals surface area contributed by atoms with Crippen molar-refractivity contribution < 1.29 is 9.59 Å². The molecule has 0 radical (unpaired) electrons. The summed E-state index contributed by atoms with van der Waals surface area (Å²) in [5, 5.41) is 4.39. The minimum absolute atomic E-state index is 0.164. The highest BCUT2D eigenvalue weighted by Gasteiger charge is 2.22. The maximum absolute atomic E-state index is 13.7. The molecule has 0 unspecified atom stereocenters. The van der Waals surface area contributed by atoms with Crippen molar-refractivity contribution in [1.29, 1.82) is 0 Å². The lowest BCUT2D eigenvalue weighted by Crippen LogP contribution is -2.28. The van der Waals surface area contributed by atoms with Gasteiger partial charge in [-0.05, 0) is 24.6 Å². The van der Waals surface area contributed by atoms with E-state index in [4.69, 9.17) is 0 Å². The first-order valence-electron chi connectivity index (χ1n) is 11.0. The van der Waals surface area contributed by atoms with E-state index in [-0.39, 0.29) is 11.8 Å². The van der Waals surface area contributed by atoms with Crippen LogP contribution < -0.4 is 5.32 Å². The molecule has 7 heteroatoms. The summed E-state index contributed by atoms with van der Waals surface area (Å²) < 4.78 is 1.52. The number of H-pyrrole nitrogens is 1. The van der Waals surface area contributed by atoms with Crippen molar-refractivity contribution in [2.75, 3.05) is 6.54 Å². The van der Waals surface area contributed by atoms with Crippen molar-refractivity contribution in [3.8, 4) is 11.1 Å². The standard InChI is InChI=1S/C26H23N5O2/c1-2-3-11-28-26(33)31-16-22(19-8-4-5-9-23(19)31)24(32)21-15-30-25-20(21)12-18(14-29-25)17-7-6-10-27-13-17/h4-10,12-16H,2-3,11H2,1H3,(H,28,33)(H,29,30). The van der Waals surface area contributed by atoms with Gasteiger partial charge < -0.3 is 10.3 Å². The van der Waals surface area contributed by atoms with Crippen LogP contribution in [-0.4, -0.2) is 37.9 Å². The zero-order chi connectivity index (χ0) is 22.8. The number of para-hydroxylation sites is 1. The number of hydrogen-bond donors (Lipinski definition) is 2. The molecule has 0 spiro atoms. The fraction of sp³-hybridized carbons (Fsp3) is 0.154. The Balaban J connectivity index is 1.57. The van der Waals surface area contributed by atoms with E-state index in [0.717, 1.165) is 34.7 Å². The van der Waals surface area contributed by atoms with Gasteiger partial charge in [-0.1, -0.05) is 37.6 Å². The van der Waals surface area contributed by atoms with Crippen LogP contribution >= 0.6 is 0 Å². The molecular formula is C26H23N5O2. The predicted octanol–water partition coefficient (Wildman–Crippen LogP) is 5.17. The Morgan fingerprint density at radius 3 is 2.73 bits per heavy atom. The van der Waals surface area contributed by atoms with E-state index in [2.05, 4.69) is 27.2 Å². The van der Waals surface area contributed by atoms with E-state index in [1.54, 1.807) is 31.0 Å². The second kappa shape index (κ2) is 8.70. The first-order chi connectivity index (χ1) is 16.2. The van der Waals surface area contributed by atoms with Gasteiger partial charge in [-0.25, -0.2) is 9.78 Å². The second-order valence-electron chi connectivity index (χ2n) is 7.91. The summed E-state index contributed by atoms with van der Waals surface area (Å²) in [5.74, 6) is -0.164. The number of ketones is 1. The molecule has 164 valence electrons. The molecule has 0 saturated heterocycles. The summed E-state index contributed by atoms with van der Waals surface area (Å²) in [7, 11) is 0. The molecule has 5 rings (SSSR count). The molecule has 4 aromatic heterocycles. The summed E-state index contributed by atoms with van der Waals surface area (Å²) in [6.07, 6.45) is 10.4. The Morgan fingerprint density at radius 1 is 1.03 bits per heavy atom. The minimum Gasteiger partial charge on any atom is -0.345 e. The first kappa shape index (κ1) is 20.6. The number of hydrogen-bond acceptors (Lipinski definition) is 4. The molecule has 1 aromatic carbocycles. The summed E-state index contributed by atoms with van der Waals surface area (Å²) >= 11 is 0. The largest absolute Gasteiger partial charge is 0.345 e. The highest BCUT2D eigenvalue weighted by molar-refractivity contribution is 6.22. The van der Waals surface area contributed by atoms with Crippen molar-refractivity contribution in [3.05, 3.63) is 84.6 Å². The number of nitrogens with zero attached hydrogens (tertiary/aromatic N) is 3. The Kier molecular flexibility index (Phi) is 5.44. The van der Waals surface area contributed by atoms with Gasteiger partial charge in [-0.2, -0.15) is 0 Å². The first-order valence-corrected chi connectivity index (χ1v) is 11.0. The number of amides is 1. The van der Waals surface area contributed by atoms with Crippen LogP contribution in [0.4, 0.5) is 4.79 Å². The zero-order valence-electron chi connectivity index (χ0n) is 18.2. The molecule has 1 amide bonds. The lowest BCUT2D eigenvalue weighted by atomic mass is 10.0. The van der Waals surface area contributed by atoms with Gasteiger partial charge in [0.1, 0.15) is 5.65 Å². The molecule has 0 fully saturated rings. The zero-order valence-corrected chi connectivity index (χ0v) is 18.2. The average Bonchev–Trinajstić information content (AvgIpc) is 3.46. The number of rotatable bonds is 6. The molecule has 0 bridgehead atoms. The summed E-state index contributed by atoms with van der Waals surface area (Å²) in [5.41, 5.74) is 4.12. The maximum atomic E-state index is 13.7. The minimum atomic E-state index is -0.238. The van der Waals surface area contributed by atoms with Gasteiger partial charge in [-0.3, -0.25) is 14.3 Å². The van der Waals surface area contributed by atoms with Crippen LogP contribution in [0.5, 0.6) is 0 Å². The quantitative estimate of drug-likeness (QED) is 0.283. The van der Waals surface area contributed by atoms with E-state index >= 15 is 0 Å². The molecule has 2 N–H and O–H groups in total. The molecule has 0 aliphatic rings. The molecule has 0 saturated carbocycles. The smallest absolute Gasteiger partial charge is 0.326 e. The normalized spacial score (nSPS) is 11.2. The fourth-order valence-electron chi connectivity index (χ4n) is 4.01.